The number of halogens is 1. The lowest BCUT2D eigenvalue weighted by atomic mass is 10.2. The maximum absolute atomic E-state index is 12.8. The first-order chi connectivity index (χ1) is 15.6. The van der Waals surface area contributed by atoms with E-state index in [2.05, 4.69) is 0 Å². The van der Waals surface area contributed by atoms with Gasteiger partial charge in [0.05, 0.1) is 11.4 Å². The molecular formula is C25H20ClNO4S. The van der Waals surface area contributed by atoms with E-state index in [9.17, 15) is 9.59 Å². The first-order valence-electron chi connectivity index (χ1n) is 9.99. The quantitative estimate of drug-likeness (QED) is 0.300. The van der Waals surface area contributed by atoms with Crippen LogP contribution < -0.4 is 9.47 Å². The molecule has 0 bridgehead atoms. The fourth-order valence-corrected chi connectivity index (χ4v) is 4.05. The number of carbonyl (C=O) groups excluding carboxylic acids is 2. The number of rotatable bonds is 8. The number of hydrogen-bond acceptors (Lipinski definition) is 5. The van der Waals surface area contributed by atoms with Crippen LogP contribution in [0.25, 0.3) is 6.08 Å². The Balaban J connectivity index is 1.36. The van der Waals surface area contributed by atoms with E-state index in [1.807, 2.05) is 54.6 Å². The molecule has 0 N–H and O–H groups in total. The Labute approximate surface area is 195 Å². The van der Waals surface area contributed by atoms with E-state index in [4.69, 9.17) is 21.1 Å². The predicted molar refractivity (Wildman–Crippen MR) is 127 cm³/mol. The molecule has 3 aromatic carbocycles. The molecule has 0 aromatic heterocycles. The van der Waals surface area contributed by atoms with Crippen LogP contribution in [0.4, 0.5) is 4.79 Å². The zero-order valence-electron chi connectivity index (χ0n) is 17.1. The van der Waals surface area contributed by atoms with E-state index in [1.54, 1.807) is 30.3 Å². The average Bonchev–Trinajstić information content (AvgIpc) is 3.06. The van der Waals surface area contributed by atoms with Crippen molar-refractivity contribution in [3.05, 3.63) is 99.9 Å². The number of amides is 2. The summed E-state index contributed by atoms with van der Waals surface area (Å²) in [5.41, 5.74) is 1.62. The zero-order valence-corrected chi connectivity index (χ0v) is 18.6. The standard InChI is InChI=1S/C25H20ClNO4S/c26-20-11-9-18(10-12-20)17-27-24(28)23(32-25(27)29)16-19-5-4-8-22(15-19)31-14-13-30-21-6-2-1-3-7-21/h1-12,15-16H,13-14,17H2/b23-16+. The Morgan fingerprint density at radius 1 is 0.844 bits per heavy atom. The zero-order chi connectivity index (χ0) is 22.3. The van der Waals surface area contributed by atoms with Crippen molar-refractivity contribution in [1.29, 1.82) is 0 Å². The third kappa shape index (κ3) is 5.72. The first kappa shape index (κ1) is 22.0. The largest absolute Gasteiger partial charge is 0.490 e. The number of ether oxygens (including phenoxy) is 2. The third-order valence-electron chi connectivity index (χ3n) is 4.65. The van der Waals surface area contributed by atoms with Gasteiger partial charge in [0.25, 0.3) is 11.1 Å². The summed E-state index contributed by atoms with van der Waals surface area (Å²) in [5.74, 6) is 1.15. The van der Waals surface area contributed by atoms with Crippen LogP contribution in [-0.4, -0.2) is 29.3 Å². The van der Waals surface area contributed by atoms with E-state index >= 15 is 0 Å². The van der Waals surface area contributed by atoms with Crippen molar-refractivity contribution in [2.75, 3.05) is 13.2 Å². The second-order valence-corrected chi connectivity index (χ2v) is 8.41. The van der Waals surface area contributed by atoms with Crippen molar-refractivity contribution >= 4 is 40.6 Å². The molecule has 32 heavy (non-hydrogen) atoms. The molecule has 162 valence electrons. The van der Waals surface area contributed by atoms with Crippen LogP contribution in [-0.2, 0) is 11.3 Å². The smallest absolute Gasteiger partial charge is 0.293 e. The molecule has 4 rings (SSSR count). The molecule has 1 saturated heterocycles. The van der Waals surface area contributed by atoms with E-state index < -0.39 is 0 Å². The van der Waals surface area contributed by atoms with Gasteiger partial charge in [0.2, 0.25) is 0 Å². The second kappa shape index (κ2) is 10.4. The van der Waals surface area contributed by atoms with Crippen LogP contribution in [0.15, 0.2) is 83.8 Å². The molecule has 1 aliphatic rings. The fourth-order valence-electron chi connectivity index (χ4n) is 3.09. The SMILES string of the molecule is O=C1S/C(=C/c2cccc(OCCOc3ccccc3)c2)C(=O)N1Cc1ccc(Cl)cc1. The van der Waals surface area contributed by atoms with Gasteiger partial charge < -0.3 is 9.47 Å². The number of para-hydroxylation sites is 1. The van der Waals surface area contributed by atoms with Gasteiger partial charge in [-0.15, -0.1) is 0 Å². The molecule has 0 aliphatic carbocycles. The summed E-state index contributed by atoms with van der Waals surface area (Å²) in [5, 5.41) is 0.318. The Bertz CT molecular complexity index is 1130. The summed E-state index contributed by atoms with van der Waals surface area (Å²) in [6.07, 6.45) is 1.71. The molecule has 0 spiro atoms. The number of thioether (sulfide) groups is 1. The molecule has 1 aliphatic heterocycles. The van der Waals surface area contributed by atoms with Gasteiger partial charge in [-0.05, 0) is 65.4 Å². The van der Waals surface area contributed by atoms with Gasteiger partial charge in [0.1, 0.15) is 24.7 Å². The monoisotopic (exact) mass is 465 g/mol. The fraction of sp³-hybridized carbons (Fsp3) is 0.120. The molecule has 0 atom stereocenters. The van der Waals surface area contributed by atoms with E-state index in [-0.39, 0.29) is 17.7 Å². The molecule has 1 fully saturated rings. The van der Waals surface area contributed by atoms with Crippen molar-refractivity contribution in [3.63, 3.8) is 0 Å². The predicted octanol–water partition coefficient (Wildman–Crippen LogP) is 6.03. The lowest BCUT2D eigenvalue weighted by Gasteiger charge is -2.12. The van der Waals surface area contributed by atoms with E-state index in [0.29, 0.717) is 28.9 Å². The van der Waals surface area contributed by atoms with Crippen LogP contribution in [0.2, 0.25) is 5.02 Å². The maximum Gasteiger partial charge on any atom is 0.293 e. The Hall–Kier alpha value is -3.22. The summed E-state index contributed by atoms with van der Waals surface area (Å²) in [7, 11) is 0. The second-order valence-electron chi connectivity index (χ2n) is 6.98. The molecule has 3 aromatic rings. The minimum atomic E-state index is -0.308. The minimum Gasteiger partial charge on any atom is -0.490 e. The van der Waals surface area contributed by atoms with Crippen molar-refractivity contribution in [2.45, 2.75) is 6.54 Å². The molecule has 1 heterocycles. The maximum atomic E-state index is 12.8. The normalized spacial score (nSPS) is 14.8. The lowest BCUT2D eigenvalue weighted by molar-refractivity contribution is -0.123. The van der Waals surface area contributed by atoms with Gasteiger partial charge in [-0.25, -0.2) is 0 Å². The van der Waals surface area contributed by atoms with Crippen molar-refractivity contribution < 1.29 is 19.1 Å². The van der Waals surface area contributed by atoms with Crippen molar-refractivity contribution in [2.24, 2.45) is 0 Å². The molecular weight excluding hydrogens is 446 g/mol. The first-order valence-corrected chi connectivity index (χ1v) is 11.2. The van der Waals surface area contributed by atoms with Gasteiger partial charge in [0.15, 0.2) is 0 Å². The molecule has 7 heteroatoms. The van der Waals surface area contributed by atoms with Crippen LogP contribution in [0.3, 0.4) is 0 Å². The summed E-state index contributed by atoms with van der Waals surface area (Å²) < 4.78 is 11.4. The number of nitrogens with zero attached hydrogens (tertiary/aromatic N) is 1. The summed E-state index contributed by atoms with van der Waals surface area (Å²) >= 11 is 6.84. The Kier molecular flexibility index (Phi) is 7.14. The van der Waals surface area contributed by atoms with Crippen molar-refractivity contribution in [1.82, 2.24) is 4.90 Å². The molecule has 5 nitrogen and oxygen atoms in total. The topological polar surface area (TPSA) is 55.8 Å². The van der Waals surface area contributed by atoms with Gasteiger partial charge in [0, 0.05) is 5.02 Å². The Morgan fingerprint density at radius 3 is 2.28 bits per heavy atom. The van der Waals surface area contributed by atoms with Gasteiger partial charge in [-0.2, -0.15) is 0 Å². The lowest BCUT2D eigenvalue weighted by Crippen LogP contribution is -2.27. The number of hydrogen-bond donors (Lipinski definition) is 0. The Morgan fingerprint density at radius 2 is 1.53 bits per heavy atom. The molecule has 0 saturated carbocycles. The molecule has 2 amide bonds. The number of carbonyl (C=O) groups is 2. The number of imide groups is 1. The summed E-state index contributed by atoms with van der Waals surface area (Å²) in [6.45, 7) is 1.01. The van der Waals surface area contributed by atoms with Crippen molar-refractivity contribution in [3.8, 4) is 11.5 Å². The average molecular weight is 466 g/mol. The molecule has 0 radical (unpaired) electrons. The summed E-state index contributed by atoms with van der Waals surface area (Å²) in [4.78, 5) is 26.8. The highest BCUT2D eigenvalue weighted by molar-refractivity contribution is 8.18. The van der Waals surface area contributed by atoms with Crippen LogP contribution >= 0.6 is 23.4 Å². The molecule has 0 unspecified atom stereocenters. The van der Waals surface area contributed by atoms with Crippen LogP contribution in [0.5, 0.6) is 11.5 Å². The number of benzene rings is 3. The minimum absolute atomic E-state index is 0.212. The van der Waals surface area contributed by atoms with E-state index in [1.165, 1.54) is 4.90 Å². The van der Waals surface area contributed by atoms with Crippen LogP contribution in [0, 0.1) is 0 Å². The van der Waals surface area contributed by atoms with Gasteiger partial charge in [-0.1, -0.05) is 54.1 Å². The van der Waals surface area contributed by atoms with E-state index in [0.717, 1.165) is 28.6 Å². The summed E-state index contributed by atoms with van der Waals surface area (Å²) in [6, 6.07) is 24.0. The van der Waals surface area contributed by atoms with Gasteiger partial charge >= 0.3 is 0 Å². The van der Waals surface area contributed by atoms with Gasteiger partial charge in [-0.3, -0.25) is 14.5 Å². The third-order valence-corrected chi connectivity index (χ3v) is 5.81. The highest BCUT2D eigenvalue weighted by Gasteiger charge is 2.34. The highest BCUT2D eigenvalue weighted by Crippen LogP contribution is 2.33. The van der Waals surface area contributed by atoms with Crippen LogP contribution in [0.1, 0.15) is 11.1 Å². The highest BCUT2D eigenvalue weighted by atomic mass is 35.5.